The quantitative estimate of drug-likeness (QED) is 0.375. The van der Waals surface area contributed by atoms with E-state index in [1.807, 2.05) is 27.7 Å². The minimum Gasteiger partial charge on any atom is -0.481 e. The monoisotopic (exact) mass is 304 g/mol. The summed E-state index contributed by atoms with van der Waals surface area (Å²) in [6.07, 6.45) is 0.941. The summed E-state index contributed by atoms with van der Waals surface area (Å²) in [4.78, 5) is 22.4. The molecule has 0 spiro atoms. The zero-order valence-electron chi connectivity index (χ0n) is 12.5. The van der Waals surface area contributed by atoms with Crippen LogP contribution in [0.25, 0.3) is 0 Å². The first-order valence-electron chi connectivity index (χ1n) is 6.85. The van der Waals surface area contributed by atoms with Crippen molar-refractivity contribution >= 4 is 29.1 Å². The van der Waals surface area contributed by atoms with Crippen LogP contribution >= 0.6 is 0 Å². The Morgan fingerprint density at radius 3 is 1.70 bits per heavy atom. The number of aliphatic carboxylic acids is 1. The van der Waals surface area contributed by atoms with Gasteiger partial charge in [0.25, 0.3) is 0 Å². The lowest BCUT2D eigenvalue weighted by Gasteiger charge is -2.26. The Kier molecular flexibility index (Phi) is 12.3. The molecule has 20 heavy (non-hydrogen) atoms. The Labute approximate surface area is 132 Å². The van der Waals surface area contributed by atoms with E-state index in [1.165, 1.54) is 6.92 Å². The minimum absolute atomic E-state index is 0. The first kappa shape index (κ1) is 21.9. The molecule has 0 aliphatic carbocycles. The molecule has 0 aromatic carbocycles. The molecule has 0 amide bonds. The van der Waals surface area contributed by atoms with Gasteiger partial charge in [0, 0.05) is 6.42 Å². The number of Topliss-reactive ketones (excluding diaryl/α,β-unsaturated/α-hetero) is 1. The highest BCUT2D eigenvalue weighted by molar-refractivity contribution is 5.96. The average molecular weight is 304 g/mol. The van der Waals surface area contributed by atoms with Crippen LogP contribution in [0, 0.1) is 5.92 Å². The van der Waals surface area contributed by atoms with E-state index in [9.17, 15) is 9.59 Å². The van der Waals surface area contributed by atoms with E-state index >= 15 is 0 Å². The summed E-state index contributed by atoms with van der Waals surface area (Å²) < 4.78 is 11.3. The largest absolute Gasteiger partial charge is 0.481 e. The molecule has 118 valence electrons. The van der Waals surface area contributed by atoms with E-state index in [0.717, 1.165) is 12.8 Å². The van der Waals surface area contributed by atoms with E-state index in [4.69, 9.17) is 14.6 Å². The van der Waals surface area contributed by atoms with Gasteiger partial charge in [0.2, 0.25) is 0 Å². The van der Waals surface area contributed by atoms with Crippen molar-refractivity contribution in [1.82, 2.24) is 0 Å². The summed E-state index contributed by atoms with van der Waals surface area (Å²) in [6.45, 7) is 9.03. The molecule has 0 saturated heterocycles. The predicted molar refractivity (Wildman–Crippen MR) is 81.8 cm³/mol. The van der Waals surface area contributed by atoms with Crippen LogP contribution in [-0.2, 0) is 19.1 Å². The second-order valence-electron chi connectivity index (χ2n) is 4.88. The summed E-state index contributed by atoms with van der Waals surface area (Å²) in [5.74, 6) is -2.57. The molecule has 0 heterocycles. The molecule has 0 aliphatic heterocycles. The van der Waals surface area contributed by atoms with E-state index in [-0.39, 0.29) is 41.8 Å². The van der Waals surface area contributed by atoms with Crippen LogP contribution in [0.2, 0.25) is 0 Å². The molecular weight excluding hydrogens is 275 g/mol. The number of hydrogen-bond donors (Lipinski definition) is 1. The lowest BCUT2D eigenvalue weighted by molar-refractivity contribution is -0.199. The molecular formula is C14H29AlO5. The van der Waals surface area contributed by atoms with E-state index < -0.39 is 18.2 Å². The lowest BCUT2D eigenvalue weighted by atomic mass is 10.0. The second kappa shape index (κ2) is 11.3. The maximum atomic E-state index is 11.3. The summed E-state index contributed by atoms with van der Waals surface area (Å²) in [6, 6.07) is 0. The number of carboxylic acids is 1. The molecule has 6 heteroatoms. The Bertz CT molecular complexity index is 269. The van der Waals surface area contributed by atoms with Gasteiger partial charge in [-0.1, -0.05) is 13.8 Å². The van der Waals surface area contributed by atoms with Gasteiger partial charge in [-0.15, -0.1) is 0 Å². The Hall–Kier alpha value is -0.408. The van der Waals surface area contributed by atoms with Crippen LogP contribution in [0.3, 0.4) is 0 Å². The van der Waals surface area contributed by atoms with Crippen LogP contribution in [0.15, 0.2) is 0 Å². The molecule has 5 nitrogen and oxygen atoms in total. The minimum atomic E-state index is -1.13. The number of carboxylic acid groups (broad SMARTS) is 1. The molecule has 0 aliphatic rings. The van der Waals surface area contributed by atoms with E-state index in [2.05, 4.69) is 0 Å². The molecule has 3 atom stereocenters. The topological polar surface area (TPSA) is 72.8 Å². The second-order valence-corrected chi connectivity index (χ2v) is 4.88. The van der Waals surface area contributed by atoms with Gasteiger partial charge in [-0.25, -0.2) is 0 Å². The maximum Gasteiger partial charge on any atom is 0.314 e. The highest BCUT2D eigenvalue weighted by Crippen LogP contribution is 2.17. The third-order valence-corrected chi connectivity index (χ3v) is 3.13. The number of carbonyl (C=O) groups excluding carboxylic acids is 1. The fourth-order valence-corrected chi connectivity index (χ4v) is 1.49. The Morgan fingerprint density at radius 1 is 1.05 bits per heavy atom. The highest BCUT2D eigenvalue weighted by Gasteiger charge is 2.29. The third-order valence-electron chi connectivity index (χ3n) is 3.13. The van der Waals surface area contributed by atoms with Crippen molar-refractivity contribution in [2.45, 2.75) is 72.4 Å². The fraction of sp³-hybridized carbons (Fsp3) is 0.857. The molecule has 0 rings (SSSR count). The Morgan fingerprint density at radius 2 is 1.45 bits per heavy atom. The van der Waals surface area contributed by atoms with Crippen LogP contribution in [0.5, 0.6) is 0 Å². The zero-order valence-corrected chi connectivity index (χ0v) is 12.5. The summed E-state index contributed by atoms with van der Waals surface area (Å²) in [5, 5.41) is 9.04. The van der Waals surface area contributed by atoms with Crippen molar-refractivity contribution in [2.24, 2.45) is 5.92 Å². The van der Waals surface area contributed by atoms with Gasteiger partial charge in [-0.3, -0.25) is 9.59 Å². The molecule has 3 unspecified atom stereocenters. The van der Waals surface area contributed by atoms with Gasteiger partial charge in [-0.2, -0.15) is 0 Å². The number of rotatable bonds is 10. The van der Waals surface area contributed by atoms with Crippen molar-refractivity contribution in [1.29, 1.82) is 0 Å². The number of ketones is 1. The third kappa shape index (κ3) is 8.70. The normalized spacial score (nSPS) is 16.6. The number of carbonyl (C=O) groups is 2. The number of hydrogen-bond acceptors (Lipinski definition) is 4. The van der Waals surface area contributed by atoms with Crippen LogP contribution in [-0.4, -0.2) is 52.7 Å². The van der Waals surface area contributed by atoms with Crippen molar-refractivity contribution in [3.05, 3.63) is 0 Å². The fourth-order valence-electron chi connectivity index (χ4n) is 1.49. The van der Waals surface area contributed by atoms with Gasteiger partial charge in [0.05, 0.1) is 12.2 Å². The molecule has 0 aromatic heterocycles. The first-order valence-corrected chi connectivity index (χ1v) is 6.85. The SMILES string of the molecule is CCC(C)OC(CC(C(C)=O)C(=O)O)OC(C)CC.[AlH3]. The lowest BCUT2D eigenvalue weighted by Crippen LogP contribution is -2.33. The van der Waals surface area contributed by atoms with E-state index in [1.54, 1.807) is 0 Å². The summed E-state index contributed by atoms with van der Waals surface area (Å²) >= 11 is 0. The van der Waals surface area contributed by atoms with Crippen LogP contribution in [0.1, 0.15) is 53.9 Å². The Balaban J connectivity index is 0. The van der Waals surface area contributed by atoms with Crippen LogP contribution in [0.4, 0.5) is 0 Å². The van der Waals surface area contributed by atoms with Gasteiger partial charge in [-0.05, 0) is 33.6 Å². The van der Waals surface area contributed by atoms with Gasteiger partial charge in [0.1, 0.15) is 11.7 Å². The molecule has 0 bridgehead atoms. The molecule has 0 saturated carbocycles. The van der Waals surface area contributed by atoms with Gasteiger partial charge < -0.3 is 14.6 Å². The standard InChI is InChI=1S/C14H26O5.Al.3H/c1-6-9(3)18-13(19-10(4)7-2)8-12(11(5)15)14(16)17;;;;/h9-10,12-13H,6-8H2,1-5H3,(H,16,17);;;;. The van der Waals surface area contributed by atoms with Crippen molar-refractivity contribution in [2.75, 3.05) is 0 Å². The van der Waals surface area contributed by atoms with Crippen molar-refractivity contribution < 1.29 is 24.2 Å². The summed E-state index contributed by atoms with van der Waals surface area (Å²) in [5.41, 5.74) is 0. The smallest absolute Gasteiger partial charge is 0.314 e. The molecule has 0 aromatic rings. The maximum absolute atomic E-state index is 11.3. The zero-order chi connectivity index (χ0) is 15.0. The predicted octanol–water partition coefficient (Wildman–Crippen LogP) is 1.44. The molecule has 0 fully saturated rings. The van der Waals surface area contributed by atoms with Crippen molar-refractivity contribution in [3.63, 3.8) is 0 Å². The number of ether oxygens (including phenoxy) is 2. The van der Waals surface area contributed by atoms with Gasteiger partial charge >= 0.3 is 5.97 Å². The summed E-state index contributed by atoms with van der Waals surface area (Å²) in [7, 11) is 0. The van der Waals surface area contributed by atoms with Crippen LogP contribution < -0.4 is 0 Å². The highest BCUT2D eigenvalue weighted by atomic mass is 27.0. The van der Waals surface area contributed by atoms with Crippen molar-refractivity contribution in [3.8, 4) is 0 Å². The van der Waals surface area contributed by atoms with Gasteiger partial charge in [0.15, 0.2) is 23.7 Å². The van der Waals surface area contributed by atoms with E-state index in [0.29, 0.717) is 0 Å². The first-order chi connectivity index (χ1) is 8.81. The molecule has 1 N–H and O–H groups in total. The molecule has 0 radical (unpaired) electrons. The average Bonchev–Trinajstić information content (AvgIpc) is 2.34.